The van der Waals surface area contributed by atoms with Crippen LogP contribution in [0.2, 0.25) is 15.1 Å². The summed E-state index contributed by atoms with van der Waals surface area (Å²) in [5.74, 6) is -0.908. The van der Waals surface area contributed by atoms with Gasteiger partial charge in [0.25, 0.3) is 5.91 Å². The van der Waals surface area contributed by atoms with Gasteiger partial charge in [0.15, 0.2) is 0 Å². The highest BCUT2D eigenvalue weighted by Crippen LogP contribution is 2.38. The van der Waals surface area contributed by atoms with E-state index < -0.39 is 11.9 Å². The van der Waals surface area contributed by atoms with Crippen LogP contribution >= 0.6 is 50.7 Å². The Bertz CT molecular complexity index is 1770. The van der Waals surface area contributed by atoms with Gasteiger partial charge in [-0.1, -0.05) is 93.2 Å². The summed E-state index contributed by atoms with van der Waals surface area (Å²) in [4.78, 5) is 29.1. The number of carbonyl (C=O) groups is 2. The Morgan fingerprint density at radius 2 is 1.59 bits per heavy atom. The molecule has 0 unspecified atom stereocenters. The summed E-state index contributed by atoms with van der Waals surface area (Å²) in [7, 11) is 0. The smallest absolute Gasteiger partial charge is 0.345 e. The van der Waals surface area contributed by atoms with Crippen molar-refractivity contribution in [2.24, 2.45) is 5.10 Å². The van der Waals surface area contributed by atoms with Gasteiger partial charge in [0.1, 0.15) is 11.4 Å². The lowest BCUT2D eigenvalue weighted by molar-refractivity contribution is 0.0734. The van der Waals surface area contributed by atoms with E-state index in [-0.39, 0.29) is 22.0 Å². The number of nitrogens with one attached hydrogen (secondary N) is 2. The molecule has 0 fully saturated rings. The molecule has 1 aromatic heterocycles. The highest BCUT2D eigenvalue weighted by molar-refractivity contribution is 9.10. The Kier molecular flexibility index (Phi) is 8.04. The largest absolute Gasteiger partial charge is 0.422 e. The second kappa shape index (κ2) is 11.6. The summed E-state index contributed by atoms with van der Waals surface area (Å²) in [5, 5.41) is 6.07. The van der Waals surface area contributed by atoms with Gasteiger partial charge in [-0.3, -0.25) is 4.79 Å². The predicted octanol–water partition coefficient (Wildman–Crippen LogP) is 8.54. The third kappa shape index (κ3) is 5.72. The third-order valence-electron chi connectivity index (χ3n) is 5.79. The standard InChI is InChI=1S/C29H17BrCl3N3O3/c30-17-12-13-24(39-29(38)19-7-2-4-10-22(19)32)16(14-17)15-34-36-28(37)27-25(18-6-1-3-9-21(18)31)20-8-5-11-23(33)26(20)35-27/h1-15,35H,(H,36,37). The highest BCUT2D eigenvalue weighted by Gasteiger charge is 2.22. The van der Waals surface area contributed by atoms with Crippen molar-refractivity contribution in [3.8, 4) is 16.9 Å². The summed E-state index contributed by atoms with van der Waals surface area (Å²) in [6.45, 7) is 0. The number of aromatic amines is 1. The highest BCUT2D eigenvalue weighted by atomic mass is 79.9. The molecule has 39 heavy (non-hydrogen) atoms. The molecule has 0 saturated carbocycles. The average molecular weight is 642 g/mol. The van der Waals surface area contributed by atoms with E-state index in [4.69, 9.17) is 39.5 Å². The van der Waals surface area contributed by atoms with Gasteiger partial charge in [-0.2, -0.15) is 5.10 Å². The van der Waals surface area contributed by atoms with Crippen molar-refractivity contribution in [3.05, 3.63) is 121 Å². The Morgan fingerprint density at radius 3 is 2.36 bits per heavy atom. The van der Waals surface area contributed by atoms with Gasteiger partial charge in [-0.15, -0.1) is 0 Å². The van der Waals surface area contributed by atoms with E-state index >= 15 is 0 Å². The number of hydrogen-bond acceptors (Lipinski definition) is 4. The maximum Gasteiger partial charge on any atom is 0.345 e. The average Bonchev–Trinajstić information content (AvgIpc) is 3.31. The quantitative estimate of drug-likeness (QED) is 0.0844. The molecule has 0 bridgehead atoms. The molecule has 10 heteroatoms. The summed E-state index contributed by atoms with van der Waals surface area (Å²) < 4.78 is 6.29. The second-order valence-corrected chi connectivity index (χ2v) is 10.4. The molecule has 0 spiro atoms. The minimum absolute atomic E-state index is 0.225. The number of H-pyrrole nitrogens is 1. The van der Waals surface area contributed by atoms with Gasteiger partial charge in [0, 0.05) is 31.6 Å². The number of amides is 1. The third-order valence-corrected chi connectivity index (χ3v) is 7.26. The van der Waals surface area contributed by atoms with Crippen LogP contribution in [0.4, 0.5) is 0 Å². The van der Waals surface area contributed by atoms with Crippen LogP contribution in [0.3, 0.4) is 0 Å². The first-order valence-corrected chi connectivity index (χ1v) is 13.4. The molecule has 4 aromatic carbocycles. The summed E-state index contributed by atoms with van der Waals surface area (Å²) in [6, 6.07) is 24.2. The van der Waals surface area contributed by atoms with E-state index in [2.05, 4.69) is 31.4 Å². The van der Waals surface area contributed by atoms with Gasteiger partial charge in [0.05, 0.1) is 27.3 Å². The van der Waals surface area contributed by atoms with Gasteiger partial charge in [0.2, 0.25) is 0 Å². The number of ether oxygens (including phenoxy) is 1. The van der Waals surface area contributed by atoms with Crippen LogP contribution in [-0.2, 0) is 0 Å². The first-order chi connectivity index (χ1) is 18.8. The van der Waals surface area contributed by atoms with E-state index in [0.717, 1.165) is 9.86 Å². The first kappa shape index (κ1) is 27.0. The Labute approximate surface area is 246 Å². The van der Waals surface area contributed by atoms with Crippen molar-refractivity contribution in [3.63, 3.8) is 0 Å². The maximum atomic E-state index is 13.3. The molecular weight excluding hydrogens is 625 g/mol. The number of rotatable bonds is 6. The van der Waals surface area contributed by atoms with E-state index in [0.29, 0.717) is 32.3 Å². The second-order valence-electron chi connectivity index (χ2n) is 8.27. The zero-order valence-electron chi connectivity index (χ0n) is 19.8. The zero-order chi connectivity index (χ0) is 27.5. The van der Waals surface area contributed by atoms with E-state index in [1.54, 1.807) is 60.7 Å². The van der Waals surface area contributed by atoms with E-state index in [1.165, 1.54) is 6.21 Å². The number of nitrogens with zero attached hydrogens (tertiary/aromatic N) is 1. The van der Waals surface area contributed by atoms with Crippen LogP contribution in [0.15, 0.2) is 94.5 Å². The Morgan fingerprint density at radius 1 is 0.872 bits per heavy atom. The molecule has 0 radical (unpaired) electrons. The number of fused-ring (bicyclic) bond motifs is 1. The molecule has 5 aromatic rings. The Balaban J connectivity index is 1.44. The normalized spacial score (nSPS) is 11.2. The van der Waals surface area contributed by atoms with Crippen molar-refractivity contribution in [1.29, 1.82) is 0 Å². The molecule has 194 valence electrons. The molecule has 1 heterocycles. The molecule has 0 aliphatic carbocycles. The number of hydrazone groups is 1. The fourth-order valence-corrected chi connectivity index (χ4v) is 5.05. The molecule has 0 atom stereocenters. The minimum atomic E-state index is -0.624. The fourth-order valence-electron chi connectivity index (χ4n) is 4.01. The number of hydrogen-bond donors (Lipinski definition) is 2. The van der Waals surface area contributed by atoms with E-state index in [1.807, 2.05) is 24.3 Å². The van der Waals surface area contributed by atoms with Crippen LogP contribution in [0, 0.1) is 0 Å². The molecule has 1 amide bonds. The van der Waals surface area contributed by atoms with Crippen LogP contribution in [0.5, 0.6) is 5.75 Å². The summed E-state index contributed by atoms with van der Waals surface area (Å²) >= 11 is 22.4. The summed E-state index contributed by atoms with van der Waals surface area (Å²) in [6.07, 6.45) is 1.38. The predicted molar refractivity (Wildman–Crippen MR) is 159 cm³/mol. The van der Waals surface area contributed by atoms with Gasteiger partial charge in [-0.05, 0) is 42.5 Å². The van der Waals surface area contributed by atoms with Crippen molar-refractivity contribution in [1.82, 2.24) is 10.4 Å². The number of esters is 1. The van der Waals surface area contributed by atoms with Crippen LogP contribution in [0.1, 0.15) is 26.4 Å². The lowest BCUT2D eigenvalue weighted by atomic mass is 10.0. The van der Waals surface area contributed by atoms with Crippen LogP contribution in [0.25, 0.3) is 22.0 Å². The number of aromatic nitrogens is 1. The van der Waals surface area contributed by atoms with Crippen LogP contribution < -0.4 is 10.2 Å². The maximum absolute atomic E-state index is 13.3. The Hall–Kier alpha value is -3.62. The van der Waals surface area contributed by atoms with Crippen molar-refractivity contribution < 1.29 is 14.3 Å². The first-order valence-electron chi connectivity index (χ1n) is 11.5. The van der Waals surface area contributed by atoms with Crippen molar-refractivity contribution >= 4 is 79.7 Å². The van der Waals surface area contributed by atoms with Gasteiger partial charge in [-0.25, -0.2) is 10.2 Å². The summed E-state index contributed by atoms with van der Waals surface area (Å²) in [5.41, 5.74) is 5.31. The number of carbonyl (C=O) groups excluding carboxylic acids is 2. The molecule has 2 N–H and O–H groups in total. The van der Waals surface area contributed by atoms with Gasteiger partial charge < -0.3 is 9.72 Å². The molecule has 0 aliphatic rings. The molecule has 6 nitrogen and oxygen atoms in total. The number of halogens is 4. The fraction of sp³-hybridized carbons (Fsp3) is 0. The SMILES string of the molecule is O=C(Oc1ccc(Br)cc1C=NNC(=O)c1[nH]c2c(Cl)cccc2c1-c1ccccc1Cl)c1ccccc1Cl. The van der Waals surface area contributed by atoms with Crippen molar-refractivity contribution in [2.45, 2.75) is 0 Å². The zero-order valence-corrected chi connectivity index (χ0v) is 23.7. The number of benzene rings is 4. The molecule has 5 rings (SSSR count). The topological polar surface area (TPSA) is 83.5 Å². The molecular formula is C29H17BrCl3N3O3. The van der Waals surface area contributed by atoms with Crippen molar-refractivity contribution in [2.75, 3.05) is 0 Å². The van der Waals surface area contributed by atoms with E-state index in [9.17, 15) is 9.59 Å². The molecule has 0 aliphatic heterocycles. The minimum Gasteiger partial charge on any atom is -0.422 e. The lowest BCUT2D eigenvalue weighted by Crippen LogP contribution is -2.19. The van der Waals surface area contributed by atoms with Crippen LogP contribution in [-0.4, -0.2) is 23.1 Å². The monoisotopic (exact) mass is 639 g/mol. The van der Waals surface area contributed by atoms with Gasteiger partial charge >= 0.3 is 5.97 Å². The molecule has 0 saturated heterocycles. The lowest BCUT2D eigenvalue weighted by Gasteiger charge is -2.09. The number of para-hydroxylation sites is 1.